The third-order valence-corrected chi connectivity index (χ3v) is 10.7. The summed E-state index contributed by atoms with van der Waals surface area (Å²) in [6, 6.07) is 13.1. The Kier molecular flexibility index (Phi) is 7.78. The number of hydrogen-bond acceptors (Lipinski definition) is 5. The molecule has 8 nitrogen and oxygen atoms in total. The van der Waals surface area contributed by atoms with Gasteiger partial charge < -0.3 is 5.32 Å². The number of carbonyl (C=O) groups excluding carboxylic acids is 1. The van der Waals surface area contributed by atoms with Gasteiger partial charge >= 0.3 is 0 Å². The van der Waals surface area contributed by atoms with Crippen molar-refractivity contribution >= 4 is 41.9 Å². The Morgan fingerprint density at radius 1 is 0.794 bits per heavy atom. The zero-order valence-corrected chi connectivity index (χ0v) is 21.9. The summed E-state index contributed by atoms with van der Waals surface area (Å²) >= 11 is 3.31. The molecule has 0 spiro atoms. The first kappa shape index (κ1) is 25.3. The second kappa shape index (κ2) is 10.4. The van der Waals surface area contributed by atoms with Gasteiger partial charge in [-0.1, -0.05) is 28.1 Å². The van der Waals surface area contributed by atoms with Crippen molar-refractivity contribution in [3.05, 3.63) is 58.6 Å². The Labute approximate surface area is 209 Å². The van der Waals surface area contributed by atoms with Crippen molar-refractivity contribution in [2.75, 3.05) is 26.2 Å². The average molecular weight is 571 g/mol. The maximum absolute atomic E-state index is 12.8. The summed E-state index contributed by atoms with van der Waals surface area (Å²) in [5.74, 6) is -0.374. The Morgan fingerprint density at radius 3 is 1.79 bits per heavy atom. The van der Waals surface area contributed by atoms with Crippen LogP contribution in [0.15, 0.2) is 62.8 Å². The summed E-state index contributed by atoms with van der Waals surface area (Å²) in [7, 11) is -7.03. The molecule has 0 saturated carbocycles. The maximum atomic E-state index is 12.8. The average Bonchev–Trinajstić information content (AvgIpc) is 3.39. The number of hydrogen-bond donors (Lipinski definition) is 1. The Bertz CT molecular complexity index is 1220. The molecule has 2 fully saturated rings. The lowest BCUT2D eigenvalue weighted by atomic mass is 9.97. The third kappa shape index (κ3) is 5.54. The van der Waals surface area contributed by atoms with Crippen LogP contribution in [-0.4, -0.2) is 57.5 Å². The first-order chi connectivity index (χ1) is 16.2. The second-order valence-electron chi connectivity index (χ2n) is 8.61. The molecular weight excluding hydrogens is 542 g/mol. The van der Waals surface area contributed by atoms with E-state index in [2.05, 4.69) is 21.2 Å². The van der Waals surface area contributed by atoms with Gasteiger partial charge in [-0.3, -0.25) is 4.79 Å². The van der Waals surface area contributed by atoms with E-state index in [1.807, 2.05) is 0 Å². The molecule has 2 heterocycles. The minimum Gasteiger partial charge on any atom is -0.352 e. The third-order valence-electron chi connectivity index (χ3n) is 6.37. The molecule has 2 saturated heterocycles. The van der Waals surface area contributed by atoms with Crippen LogP contribution in [0.4, 0.5) is 0 Å². The standard InChI is InChI=1S/C23H28BrN3O5S2/c24-20-5-9-22(10-6-20)34(31,32)27-15-11-19(12-16-27)23(28)25-17-18-3-7-21(8-4-18)33(29,30)26-13-1-2-14-26/h3-10,19H,1-2,11-17H2,(H,25,28). The highest BCUT2D eigenvalue weighted by molar-refractivity contribution is 9.10. The van der Waals surface area contributed by atoms with Crippen LogP contribution in [0.5, 0.6) is 0 Å². The molecule has 2 aromatic rings. The minimum absolute atomic E-state index is 0.116. The molecule has 0 aliphatic carbocycles. The number of piperidine rings is 1. The van der Waals surface area contributed by atoms with E-state index in [9.17, 15) is 21.6 Å². The molecule has 0 atom stereocenters. The van der Waals surface area contributed by atoms with E-state index < -0.39 is 20.0 Å². The first-order valence-electron chi connectivity index (χ1n) is 11.3. The summed E-state index contributed by atoms with van der Waals surface area (Å²) in [4.78, 5) is 13.2. The highest BCUT2D eigenvalue weighted by Gasteiger charge is 2.32. The lowest BCUT2D eigenvalue weighted by molar-refractivity contribution is -0.126. The van der Waals surface area contributed by atoms with E-state index in [0.717, 1.165) is 22.9 Å². The molecule has 0 unspecified atom stereocenters. The molecule has 1 amide bonds. The van der Waals surface area contributed by atoms with E-state index in [0.29, 0.717) is 45.6 Å². The number of rotatable bonds is 7. The van der Waals surface area contributed by atoms with Crippen LogP contribution in [0.1, 0.15) is 31.2 Å². The summed E-state index contributed by atoms with van der Waals surface area (Å²) in [6.07, 6.45) is 2.68. The van der Waals surface area contributed by atoms with Crippen LogP contribution >= 0.6 is 15.9 Å². The van der Waals surface area contributed by atoms with Crippen LogP contribution in [-0.2, 0) is 31.4 Å². The summed E-state index contributed by atoms with van der Waals surface area (Å²) in [5.41, 5.74) is 0.809. The predicted octanol–water partition coefficient (Wildman–Crippen LogP) is 2.95. The largest absolute Gasteiger partial charge is 0.352 e. The Morgan fingerprint density at radius 2 is 1.26 bits per heavy atom. The molecular formula is C23H28BrN3O5S2. The van der Waals surface area contributed by atoms with Gasteiger partial charge in [0.05, 0.1) is 9.79 Å². The normalized spacial score (nSPS) is 18.7. The number of halogens is 1. The molecule has 34 heavy (non-hydrogen) atoms. The van der Waals surface area contributed by atoms with Crippen molar-refractivity contribution in [1.29, 1.82) is 0 Å². The summed E-state index contributed by atoms with van der Waals surface area (Å²) in [5, 5.41) is 2.90. The van der Waals surface area contributed by atoms with Crippen LogP contribution in [0.25, 0.3) is 0 Å². The lowest BCUT2D eigenvalue weighted by Crippen LogP contribution is -2.42. The Hall–Kier alpha value is -1.79. The van der Waals surface area contributed by atoms with Crippen LogP contribution in [0.3, 0.4) is 0 Å². The van der Waals surface area contributed by atoms with Crippen molar-refractivity contribution in [3.8, 4) is 0 Å². The van der Waals surface area contributed by atoms with Crippen molar-refractivity contribution in [2.45, 2.75) is 42.0 Å². The molecule has 0 radical (unpaired) electrons. The first-order valence-corrected chi connectivity index (χ1v) is 15.0. The highest BCUT2D eigenvalue weighted by Crippen LogP contribution is 2.25. The summed E-state index contributed by atoms with van der Waals surface area (Å²) < 4.78 is 54.7. The van der Waals surface area contributed by atoms with E-state index >= 15 is 0 Å². The van der Waals surface area contributed by atoms with Crippen molar-refractivity contribution in [3.63, 3.8) is 0 Å². The monoisotopic (exact) mass is 569 g/mol. The minimum atomic E-state index is -3.58. The molecule has 2 aliphatic heterocycles. The summed E-state index contributed by atoms with van der Waals surface area (Å²) in [6.45, 7) is 1.99. The fourth-order valence-corrected chi connectivity index (χ4v) is 7.56. The van der Waals surface area contributed by atoms with Gasteiger partial charge in [0.15, 0.2) is 0 Å². The quantitative estimate of drug-likeness (QED) is 0.552. The molecule has 11 heteroatoms. The molecule has 0 bridgehead atoms. The van der Waals surface area contributed by atoms with Gasteiger partial charge in [-0.2, -0.15) is 8.61 Å². The van der Waals surface area contributed by atoms with Crippen LogP contribution in [0, 0.1) is 5.92 Å². The van der Waals surface area contributed by atoms with Gasteiger partial charge in [0.2, 0.25) is 26.0 Å². The van der Waals surface area contributed by atoms with Gasteiger partial charge in [-0.05, 0) is 67.6 Å². The van der Waals surface area contributed by atoms with E-state index in [-0.39, 0.29) is 21.6 Å². The zero-order valence-electron chi connectivity index (χ0n) is 18.7. The molecule has 2 aromatic carbocycles. The van der Waals surface area contributed by atoms with Crippen LogP contribution in [0.2, 0.25) is 0 Å². The number of nitrogens with one attached hydrogen (secondary N) is 1. The van der Waals surface area contributed by atoms with Gasteiger partial charge in [0.1, 0.15) is 0 Å². The van der Waals surface area contributed by atoms with Gasteiger partial charge in [0.25, 0.3) is 0 Å². The number of carbonyl (C=O) groups is 1. The van der Waals surface area contributed by atoms with E-state index in [4.69, 9.17) is 0 Å². The highest BCUT2D eigenvalue weighted by atomic mass is 79.9. The topological polar surface area (TPSA) is 104 Å². The van der Waals surface area contributed by atoms with Crippen molar-refractivity contribution in [1.82, 2.24) is 13.9 Å². The molecule has 4 rings (SSSR count). The lowest BCUT2D eigenvalue weighted by Gasteiger charge is -2.30. The second-order valence-corrected chi connectivity index (χ2v) is 13.4. The molecule has 0 aromatic heterocycles. The number of nitrogens with zero attached hydrogens (tertiary/aromatic N) is 2. The molecule has 184 valence electrons. The van der Waals surface area contributed by atoms with E-state index in [1.165, 1.54) is 8.61 Å². The fraction of sp³-hybridized carbons (Fsp3) is 0.435. The van der Waals surface area contributed by atoms with Gasteiger partial charge in [-0.25, -0.2) is 16.8 Å². The van der Waals surface area contributed by atoms with Crippen LogP contribution < -0.4 is 5.32 Å². The van der Waals surface area contributed by atoms with Crippen molar-refractivity contribution < 1.29 is 21.6 Å². The van der Waals surface area contributed by atoms with E-state index in [1.54, 1.807) is 48.5 Å². The van der Waals surface area contributed by atoms with Crippen molar-refractivity contribution in [2.24, 2.45) is 5.92 Å². The SMILES string of the molecule is O=C(NCc1ccc(S(=O)(=O)N2CCCC2)cc1)C1CCN(S(=O)(=O)c2ccc(Br)cc2)CC1. The number of benzene rings is 2. The zero-order chi connectivity index (χ0) is 24.3. The number of amides is 1. The Balaban J connectivity index is 1.28. The fourth-order valence-electron chi connectivity index (χ4n) is 4.30. The van der Waals surface area contributed by atoms with Gasteiger partial charge in [-0.15, -0.1) is 0 Å². The smallest absolute Gasteiger partial charge is 0.243 e. The maximum Gasteiger partial charge on any atom is 0.243 e. The molecule has 2 aliphatic rings. The number of sulfonamides is 2. The van der Waals surface area contributed by atoms with Gasteiger partial charge in [0, 0.05) is 43.1 Å². The molecule has 1 N–H and O–H groups in total. The predicted molar refractivity (Wildman–Crippen MR) is 132 cm³/mol.